The third kappa shape index (κ3) is 1.57. The van der Waals surface area contributed by atoms with Crippen molar-refractivity contribution in [2.45, 2.75) is 18.7 Å². The quantitative estimate of drug-likeness (QED) is 0.696. The molecule has 2 aromatic rings. The van der Waals surface area contributed by atoms with Gasteiger partial charge in [-0.1, -0.05) is 59.3 Å². The van der Waals surface area contributed by atoms with Gasteiger partial charge in [0.05, 0.1) is 0 Å². The Labute approximate surface area is 93.1 Å². The first kappa shape index (κ1) is 9.72. The van der Waals surface area contributed by atoms with E-state index in [0.717, 1.165) is 11.8 Å². The predicted molar refractivity (Wildman–Crippen MR) is 66.0 cm³/mol. The van der Waals surface area contributed by atoms with E-state index in [2.05, 4.69) is 59.3 Å². The number of halogens is 1. The molecule has 0 fully saturated rings. The zero-order valence-corrected chi connectivity index (χ0v) is 9.84. The maximum Gasteiger partial charge on any atom is 0.0291 e. The number of alkyl halides is 1. The van der Waals surface area contributed by atoms with Gasteiger partial charge in [0.25, 0.3) is 0 Å². The first-order valence-corrected chi connectivity index (χ1v) is 6.04. The molecule has 0 bridgehead atoms. The summed E-state index contributed by atoms with van der Waals surface area (Å²) in [6.45, 7) is 2.20. The van der Waals surface area contributed by atoms with E-state index in [4.69, 9.17) is 0 Å². The summed E-state index contributed by atoms with van der Waals surface area (Å²) in [5.41, 5.74) is 2.88. The molecule has 72 valence electrons. The van der Waals surface area contributed by atoms with Gasteiger partial charge in [0.15, 0.2) is 0 Å². The van der Waals surface area contributed by atoms with E-state index >= 15 is 0 Å². The fourth-order valence-electron chi connectivity index (χ4n) is 1.87. The largest absolute Gasteiger partial charge is 0.0876 e. The summed E-state index contributed by atoms with van der Waals surface area (Å²) in [5, 5.41) is 3.65. The third-order valence-corrected chi connectivity index (χ3v) is 3.21. The highest BCUT2D eigenvalue weighted by molar-refractivity contribution is 9.08. The Hall–Kier alpha value is -0.820. The summed E-state index contributed by atoms with van der Waals surface area (Å²) in [4.78, 5) is 0. The van der Waals surface area contributed by atoms with Crippen LogP contribution in [0.15, 0.2) is 36.4 Å². The van der Waals surface area contributed by atoms with Crippen LogP contribution in [-0.2, 0) is 11.8 Å². The highest BCUT2D eigenvalue weighted by atomic mass is 79.9. The second kappa shape index (κ2) is 4.14. The lowest BCUT2D eigenvalue weighted by atomic mass is 9.99. The van der Waals surface area contributed by atoms with E-state index in [9.17, 15) is 0 Å². The van der Waals surface area contributed by atoms with Crippen LogP contribution >= 0.6 is 15.9 Å². The maximum atomic E-state index is 3.57. The second-order valence-electron chi connectivity index (χ2n) is 3.41. The molecule has 0 amide bonds. The summed E-state index contributed by atoms with van der Waals surface area (Å²) in [6.07, 6.45) is 1.10. The fraction of sp³-hybridized carbons (Fsp3) is 0.231. The molecule has 0 saturated heterocycles. The topological polar surface area (TPSA) is 0 Å². The molecule has 0 radical (unpaired) electrons. The molecule has 0 aliphatic carbocycles. The first-order chi connectivity index (χ1) is 6.86. The molecule has 0 atom stereocenters. The Morgan fingerprint density at radius 3 is 2.57 bits per heavy atom. The summed E-state index contributed by atoms with van der Waals surface area (Å²) in [7, 11) is 0. The minimum atomic E-state index is 0.942. The van der Waals surface area contributed by atoms with Crippen molar-refractivity contribution in [3.63, 3.8) is 0 Å². The van der Waals surface area contributed by atoms with Crippen LogP contribution in [0.5, 0.6) is 0 Å². The van der Waals surface area contributed by atoms with Crippen LogP contribution in [0.3, 0.4) is 0 Å². The second-order valence-corrected chi connectivity index (χ2v) is 3.97. The standard InChI is InChI=1S/C13H13Br/c1-2-10-7-8-11-5-3-4-6-12(11)13(10)9-14/h3-8H,2,9H2,1H3. The van der Waals surface area contributed by atoms with Crippen molar-refractivity contribution in [3.05, 3.63) is 47.5 Å². The number of aryl methyl sites for hydroxylation is 1. The van der Waals surface area contributed by atoms with E-state index in [-0.39, 0.29) is 0 Å². The Bertz CT molecular complexity index is 446. The van der Waals surface area contributed by atoms with Gasteiger partial charge in [-0.25, -0.2) is 0 Å². The Balaban J connectivity index is 2.77. The Morgan fingerprint density at radius 1 is 1.07 bits per heavy atom. The molecule has 14 heavy (non-hydrogen) atoms. The molecule has 0 saturated carbocycles. The lowest BCUT2D eigenvalue weighted by Gasteiger charge is -2.08. The number of fused-ring (bicyclic) bond motifs is 1. The van der Waals surface area contributed by atoms with E-state index in [1.807, 2.05) is 0 Å². The summed E-state index contributed by atoms with van der Waals surface area (Å²) in [5.74, 6) is 0. The average Bonchev–Trinajstić information content (AvgIpc) is 2.27. The smallest absolute Gasteiger partial charge is 0.0291 e. The molecule has 1 heteroatoms. The summed E-state index contributed by atoms with van der Waals surface area (Å²) >= 11 is 3.57. The molecular formula is C13H13Br. The number of benzene rings is 2. The van der Waals surface area contributed by atoms with Crippen molar-refractivity contribution in [1.82, 2.24) is 0 Å². The lowest BCUT2D eigenvalue weighted by Crippen LogP contribution is -1.90. The monoisotopic (exact) mass is 248 g/mol. The fourth-order valence-corrected chi connectivity index (χ4v) is 2.53. The SMILES string of the molecule is CCc1ccc2ccccc2c1CBr. The third-order valence-electron chi connectivity index (χ3n) is 2.65. The van der Waals surface area contributed by atoms with Crippen LogP contribution in [0.2, 0.25) is 0 Å². The highest BCUT2D eigenvalue weighted by Gasteiger charge is 2.03. The van der Waals surface area contributed by atoms with Gasteiger partial charge in [-0.05, 0) is 28.3 Å². The maximum absolute atomic E-state index is 3.57. The van der Waals surface area contributed by atoms with Crippen LogP contribution < -0.4 is 0 Å². The van der Waals surface area contributed by atoms with E-state index in [0.29, 0.717) is 0 Å². The first-order valence-electron chi connectivity index (χ1n) is 4.92. The van der Waals surface area contributed by atoms with Gasteiger partial charge in [-0.15, -0.1) is 0 Å². The molecule has 2 aromatic carbocycles. The van der Waals surface area contributed by atoms with Crippen molar-refractivity contribution in [2.75, 3.05) is 0 Å². The molecule has 0 nitrogen and oxygen atoms in total. The van der Waals surface area contributed by atoms with E-state index < -0.39 is 0 Å². The minimum Gasteiger partial charge on any atom is -0.0876 e. The lowest BCUT2D eigenvalue weighted by molar-refractivity contribution is 1.11. The van der Waals surface area contributed by atoms with Crippen molar-refractivity contribution in [2.24, 2.45) is 0 Å². The average molecular weight is 249 g/mol. The van der Waals surface area contributed by atoms with Gasteiger partial charge in [0.1, 0.15) is 0 Å². The van der Waals surface area contributed by atoms with Gasteiger partial charge in [-0.3, -0.25) is 0 Å². The molecule has 0 aliphatic heterocycles. The number of hydrogen-bond donors (Lipinski definition) is 0. The van der Waals surface area contributed by atoms with Gasteiger partial charge in [0, 0.05) is 5.33 Å². The van der Waals surface area contributed by atoms with E-state index in [1.54, 1.807) is 0 Å². The van der Waals surface area contributed by atoms with Crippen LogP contribution in [0.25, 0.3) is 10.8 Å². The molecule has 0 aromatic heterocycles. The summed E-state index contributed by atoms with van der Waals surface area (Å²) in [6, 6.07) is 13.0. The van der Waals surface area contributed by atoms with Crippen molar-refractivity contribution >= 4 is 26.7 Å². The zero-order chi connectivity index (χ0) is 9.97. The van der Waals surface area contributed by atoms with Crippen molar-refractivity contribution < 1.29 is 0 Å². The molecule has 0 spiro atoms. The Kier molecular flexibility index (Phi) is 2.87. The van der Waals surface area contributed by atoms with Crippen molar-refractivity contribution in [1.29, 1.82) is 0 Å². The minimum absolute atomic E-state index is 0.942. The molecule has 0 unspecified atom stereocenters. The van der Waals surface area contributed by atoms with Gasteiger partial charge in [0.2, 0.25) is 0 Å². The number of hydrogen-bond acceptors (Lipinski definition) is 0. The summed E-state index contributed by atoms with van der Waals surface area (Å²) < 4.78 is 0. The Morgan fingerprint density at radius 2 is 1.86 bits per heavy atom. The normalized spacial score (nSPS) is 10.7. The van der Waals surface area contributed by atoms with Gasteiger partial charge >= 0.3 is 0 Å². The van der Waals surface area contributed by atoms with Gasteiger partial charge in [-0.2, -0.15) is 0 Å². The zero-order valence-electron chi connectivity index (χ0n) is 8.26. The van der Waals surface area contributed by atoms with Crippen LogP contribution in [-0.4, -0.2) is 0 Å². The molecular weight excluding hydrogens is 236 g/mol. The van der Waals surface area contributed by atoms with Crippen LogP contribution in [0.1, 0.15) is 18.1 Å². The molecule has 0 N–H and O–H groups in total. The molecule has 0 aliphatic rings. The van der Waals surface area contributed by atoms with Gasteiger partial charge < -0.3 is 0 Å². The van der Waals surface area contributed by atoms with Crippen molar-refractivity contribution in [3.8, 4) is 0 Å². The number of rotatable bonds is 2. The van der Waals surface area contributed by atoms with Crippen LogP contribution in [0.4, 0.5) is 0 Å². The molecule has 0 heterocycles. The predicted octanol–water partition coefficient (Wildman–Crippen LogP) is 4.30. The highest BCUT2D eigenvalue weighted by Crippen LogP contribution is 2.24. The molecule has 2 rings (SSSR count). The van der Waals surface area contributed by atoms with E-state index in [1.165, 1.54) is 21.9 Å². The van der Waals surface area contributed by atoms with Crippen LogP contribution in [0, 0.1) is 0 Å².